The molecular formula is C18H24N2O4. The van der Waals surface area contributed by atoms with Crippen molar-refractivity contribution < 1.29 is 19.4 Å². The van der Waals surface area contributed by atoms with E-state index in [4.69, 9.17) is 4.74 Å². The van der Waals surface area contributed by atoms with E-state index < -0.39 is 18.1 Å². The summed E-state index contributed by atoms with van der Waals surface area (Å²) >= 11 is 0. The summed E-state index contributed by atoms with van der Waals surface area (Å²) < 4.78 is 5.33. The van der Waals surface area contributed by atoms with Gasteiger partial charge in [0.25, 0.3) is 0 Å². The summed E-state index contributed by atoms with van der Waals surface area (Å²) in [5.74, 6) is -0.945. The number of hydrogen-bond donors (Lipinski definition) is 1. The number of carboxylic acid groups (broad SMARTS) is 1. The van der Waals surface area contributed by atoms with Crippen LogP contribution in [0, 0.1) is 0 Å². The summed E-state index contributed by atoms with van der Waals surface area (Å²) in [7, 11) is 0. The van der Waals surface area contributed by atoms with E-state index in [0.29, 0.717) is 13.0 Å². The molecule has 0 aromatic heterocycles. The zero-order chi connectivity index (χ0) is 16.9. The molecule has 2 aliphatic heterocycles. The minimum absolute atomic E-state index is 0.105. The van der Waals surface area contributed by atoms with Gasteiger partial charge in [0.15, 0.2) is 0 Å². The van der Waals surface area contributed by atoms with Gasteiger partial charge in [0, 0.05) is 12.6 Å². The van der Waals surface area contributed by atoms with Gasteiger partial charge in [-0.05, 0) is 37.9 Å². The molecule has 1 N–H and O–H groups in total. The number of nitrogens with zero attached hydrogens (tertiary/aromatic N) is 2. The minimum atomic E-state index is -0.945. The summed E-state index contributed by atoms with van der Waals surface area (Å²) in [6.07, 6.45) is 3.55. The number of carboxylic acids is 1. The lowest BCUT2D eigenvalue weighted by Crippen LogP contribution is -2.52. The molecule has 2 saturated heterocycles. The van der Waals surface area contributed by atoms with Gasteiger partial charge in [-0.2, -0.15) is 0 Å². The van der Waals surface area contributed by atoms with E-state index in [2.05, 4.69) is 4.90 Å². The van der Waals surface area contributed by atoms with Gasteiger partial charge >= 0.3 is 12.1 Å². The van der Waals surface area contributed by atoms with Gasteiger partial charge in [-0.25, -0.2) is 9.59 Å². The third-order valence-corrected chi connectivity index (χ3v) is 4.92. The highest BCUT2D eigenvalue weighted by atomic mass is 16.6. The van der Waals surface area contributed by atoms with Crippen LogP contribution in [0.3, 0.4) is 0 Å². The van der Waals surface area contributed by atoms with E-state index in [1.54, 1.807) is 0 Å². The second-order valence-corrected chi connectivity index (χ2v) is 6.47. The van der Waals surface area contributed by atoms with E-state index in [9.17, 15) is 14.7 Å². The smallest absolute Gasteiger partial charge is 0.410 e. The molecule has 130 valence electrons. The molecule has 1 aromatic rings. The predicted octanol–water partition coefficient (Wildman–Crippen LogP) is 2.34. The fourth-order valence-corrected chi connectivity index (χ4v) is 3.71. The number of aliphatic carboxylic acids is 1. The van der Waals surface area contributed by atoms with E-state index in [1.165, 1.54) is 11.3 Å². The highest BCUT2D eigenvalue weighted by Crippen LogP contribution is 2.27. The number of likely N-dealkylation sites (tertiary alicyclic amines) is 2. The number of amides is 1. The van der Waals surface area contributed by atoms with Crippen LogP contribution in [0.25, 0.3) is 0 Å². The topological polar surface area (TPSA) is 70.1 Å². The molecule has 6 heteroatoms. The highest BCUT2D eigenvalue weighted by molar-refractivity contribution is 5.81. The van der Waals surface area contributed by atoms with Crippen LogP contribution in [0.5, 0.6) is 0 Å². The van der Waals surface area contributed by atoms with Crippen molar-refractivity contribution in [2.75, 3.05) is 19.6 Å². The first-order valence-electron chi connectivity index (χ1n) is 8.61. The number of piperidine rings is 1. The van der Waals surface area contributed by atoms with Crippen molar-refractivity contribution in [1.82, 2.24) is 9.80 Å². The molecule has 2 atom stereocenters. The van der Waals surface area contributed by atoms with Crippen LogP contribution < -0.4 is 0 Å². The first kappa shape index (κ1) is 16.8. The lowest BCUT2D eigenvalue weighted by Gasteiger charge is -2.35. The lowest BCUT2D eigenvalue weighted by atomic mass is 10.0. The van der Waals surface area contributed by atoms with E-state index >= 15 is 0 Å². The molecule has 2 fully saturated rings. The number of carbonyl (C=O) groups excluding carboxylic acids is 1. The first-order valence-corrected chi connectivity index (χ1v) is 8.61. The Balaban J connectivity index is 1.63. The van der Waals surface area contributed by atoms with E-state index in [0.717, 1.165) is 31.5 Å². The molecule has 0 spiro atoms. The van der Waals surface area contributed by atoms with Crippen LogP contribution in [0.4, 0.5) is 4.79 Å². The Labute approximate surface area is 142 Å². The maximum atomic E-state index is 12.4. The standard InChI is InChI=1S/C18H24N2O4/c21-17(22)16-15(19-10-5-2-6-11-19)9-12-20(16)18(23)24-13-14-7-3-1-4-8-14/h1,3-4,7-8,15-16H,2,5-6,9-13H2,(H,21,22)/t15-,16+/m0/s1. The number of hydrogen-bond acceptors (Lipinski definition) is 4. The van der Waals surface area contributed by atoms with Crippen LogP contribution in [0.2, 0.25) is 0 Å². The van der Waals surface area contributed by atoms with Crippen LogP contribution >= 0.6 is 0 Å². The second-order valence-electron chi connectivity index (χ2n) is 6.47. The monoisotopic (exact) mass is 332 g/mol. The Morgan fingerprint density at radius 1 is 1.08 bits per heavy atom. The van der Waals surface area contributed by atoms with Crippen LogP contribution in [-0.4, -0.2) is 58.7 Å². The average molecular weight is 332 g/mol. The molecule has 1 aromatic carbocycles. The van der Waals surface area contributed by atoms with Crippen molar-refractivity contribution in [2.24, 2.45) is 0 Å². The van der Waals surface area contributed by atoms with Crippen molar-refractivity contribution in [1.29, 1.82) is 0 Å². The maximum absolute atomic E-state index is 12.4. The van der Waals surface area contributed by atoms with Crippen molar-refractivity contribution in [3.63, 3.8) is 0 Å². The SMILES string of the molecule is O=C(O)[C@H]1[C@@H](N2CCCCC2)CCN1C(=O)OCc1ccccc1. The van der Waals surface area contributed by atoms with Gasteiger partial charge in [0.1, 0.15) is 12.6 Å². The zero-order valence-corrected chi connectivity index (χ0v) is 13.8. The molecule has 6 nitrogen and oxygen atoms in total. The zero-order valence-electron chi connectivity index (χ0n) is 13.8. The van der Waals surface area contributed by atoms with Gasteiger partial charge in [-0.1, -0.05) is 36.8 Å². The van der Waals surface area contributed by atoms with Crippen LogP contribution in [0.1, 0.15) is 31.2 Å². The van der Waals surface area contributed by atoms with Gasteiger partial charge < -0.3 is 9.84 Å². The van der Waals surface area contributed by atoms with Crippen molar-refractivity contribution in [2.45, 2.75) is 44.4 Å². The predicted molar refractivity (Wildman–Crippen MR) is 88.6 cm³/mol. The summed E-state index contributed by atoms with van der Waals surface area (Å²) in [5.41, 5.74) is 0.893. The molecule has 2 heterocycles. The van der Waals surface area contributed by atoms with Gasteiger partial charge in [0.2, 0.25) is 0 Å². The molecule has 1 amide bonds. The average Bonchev–Trinajstić information content (AvgIpc) is 3.07. The Morgan fingerprint density at radius 2 is 1.79 bits per heavy atom. The third-order valence-electron chi connectivity index (χ3n) is 4.92. The molecule has 0 saturated carbocycles. The normalized spacial score (nSPS) is 24.8. The lowest BCUT2D eigenvalue weighted by molar-refractivity contribution is -0.143. The minimum Gasteiger partial charge on any atom is -0.480 e. The molecule has 0 aliphatic carbocycles. The molecule has 0 unspecified atom stereocenters. The molecule has 0 bridgehead atoms. The number of ether oxygens (including phenoxy) is 1. The quantitative estimate of drug-likeness (QED) is 0.916. The molecule has 2 aliphatic rings. The van der Waals surface area contributed by atoms with E-state index in [-0.39, 0.29) is 12.6 Å². The van der Waals surface area contributed by atoms with Crippen molar-refractivity contribution in [3.05, 3.63) is 35.9 Å². The maximum Gasteiger partial charge on any atom is 0.410 e. The van der Waals surface area contributed by atoms with Crippen molar-refractivity contribution in [3.8, 4) is 0 Å². The Morgan fingerprint density at radius 3 is 2.46 bits per heavy atom. The second kappa shape index (κ2) is 7.66. The number of carbonyl (C=O) groups is 2. The largest absolute Gasteiger partial charge is 0.480 e. The Kier molecular flexibility index (Phi) is 5.35. The van der Waals surface area contributed by atoms with Gasteiger partial charge in [0.05, 0.1) is 0 Å². The van der Waals surface area contributed by atoms with Gasteiger partial charge in [-0.3, -0.25) is 9.80 Å². The fourth-order valence-electron chi connectivity index (χ4n) is 3.71. The fraction of sp³-hybridized carbons (Fsp3) is 0.556. The van der Waals surface area contributed by atoms with E-state index in [1.807, 2.05) is 30.3 Å². The third kappa shape index (κ3) is 3.70. The van der Waals surface area contributed by atoms with Gasteiger partial charge in [-0.15, -0.1) is 0 Å². The summed E-state index contributed by atoms with van der Waals surface area (Å²) in [5, 5.41) is 9.64. The van der Waals surface area contributed by atoms with Crippen LogP contribution in [0.15, 0.2) is 30.3 Å². The molecule has 24 heavy (non-hydrogen) atoms. The highest BCUT2D eigenvalue weighted by Gasteiger charge is 2.45. The van der Waals surface area contributed by atoms with Crippen molar-refractivity contribution >= 4 is 12.1 Å². The summed E-state index contributed by atoms with van der Waals surface area (Å²) in [6.45, 7) is 2.44. The summed E-state index contributed by atoms with van der Waals surface area (Å²) in [4.78, 5) is 27.8. The number of benzene rings is 1. The van der Waals surface area contributed by atoms with Crippen LogP contribution in [-0.2, 0) is 16.1 Å². The first-order chi connectivity index (χ1) is 11.7. The number of rotatable bonds is 4. The molecule has 3 rings (SSSR count). The molecule has 0 radical (unpaired) electrons. The Bertz CT molecular complexity index is 572. The summed E-state index contributed by atoms with van der Waals surface area (Å²) in [6, 6.07) is 8.50. The Hall–Kier alpha value is -2.08. The molecular weight excluding hydrogens is 308 g/mol.